The van der Waals surface area contributed by atoms with Crippen LogP contribution in [0.2, 0.25) is 0 Å². The number of hydrogen-bond donors (Lipinski definition) is 1. The molecular weight excluding hydrogens is 264 g/mol. The molecule has 1 N–H and O–H groups in total. The zero-order valence-electron chi connectivity index (χ0n) is 12.2. The Morgan fingerprint density at radius 2 is 1.81 bits per heavy atom. The quantitative estimate of drug-likeness (QED) is 0.824. The summed E-state index contributed by atoms with van der Waals surface area (Å²) in [7, 11) is 0. The van der Waals surface area contributed by atoms with Gasteiger partial charge in [-0.05, 0) is 42.2 Å². The predicted molar refractivity (Wildman–Crippen MR) is 82.8 cm³/mol. The van der Waals surface area contributed by atoms with Crippen molar-refractivity contribution in [3.8, 4) is 5.75 Å². The van der Waals surface area contributed by atoms with Crippen LogP contribution < -0.4 is 4.74 Å². The number of carboxylic acid groups (broad SMARTS) is 1. The molecule has 21 heavy (non-hydrogen) atoms. The third-order valence-electron chi connectivity index (χ3n) is 3.33. The molecular formula is C18H20O3. The molecule has 0 fully saturated rings. The third-order valence-corrected chi connectivity index (χ3v) is 3.33. The van der Waals surface area contributed by atoms with Crippen LogP contribution in [0.15, 0.2) is 48.5 Å². The Bertz CT molecular complexity index is 588. The van der Waals surface area contributed by atoms with E-state index in [2.05, 4.69) is 31.2 Å². The van der Waals surface area contributed by atoms with E-state index in [1.54, 1.807) is 18.2 Å². The first kappa shape index (κ1) is 15.1. The van der Waals surface area contributed by atoms with Crippen LogP contribution in [0, 0.1) is 0 Å². The highest BCUT2D eigenvalue weighted by atomic mass is 16.5. The molecule has 0 atom stereocenters. The number of rotatable bonds is 7. The number of hydrogen-bond acceptors (Lipinski definition) is 2. The van der Waals surface area contributed by atoms with Crippen molar-refractivity contribution in [1.82, 2.24) is 0 Å². The van der Waals surface area contributed by atoms with Crippen LogP contribution in [0.3, 0.4) is 0 Å². The van der Waals surface area contributed by atoms with Crippen LogP contribution in [0.4, 0.5) is 0 Å². The lowest BCUT2D eigenvalue weighted by Crippen LogP contribution is -1.99. The van der Waals surface area contributed by atoms with Gasteiger partial charge in [-0.25, -0.2) is 4.79 Å². The minimum atomic E-state index is -0.944. The Kier molecular flexibility index (Phi) is 5.38. The van der Waals surface area contributed by atoms with Gasteiger partial charge in [0.1, 0.15) is 12.4 Å². The Morgan fingerprint density at radius 3 is 2.48 bits per heavy atom. The van der Waals surface area contributed by atoms with Gasteiger partial charge in [0.2, 0.25) is 0 Å². The lowest BCUT2D eigenvalue weighted by Gasteiger charge is -2.08. The second-order valence-electron chi connectivity index (χ2n) is 5.04. The number of carboxylic acids is 1. The molecule has 2 rings (SSSR count). The highest BCUT2D eigenvalue weighted by Gasteiger charge is 2.04. The molecule has 0 unspecified atom stereocenters. The van der Waals surface area contributed by atoms with Crippen LogP contribution in [0.5, 0.6) is 5.75 Å². The maximum absolute atomic E-state index is 10.9. The van der Waals surface area contributed by atoms with Crippen molar-refractivity contribution < 1.29 is 14.6 Å². The topological polar surface area (TPSA) is 46.5 Å². The molecule has 2 aromatic carbocycles. The number of carbonyl (C=O) groups is 1. The summed E-state index contributed by atoms with van der Waals surface area (Å²) in [6.07, 6.45) is 3.51. The van der Waals surface area contributed by atoms with Crippen LogP contribution in [-0.4, -0.2) is 11.1 Å². The monoisotopic (exact) mass is 284 g/mol. The van der Waals surface area contributed by atoms with E-state index in [4.69, 9.17) is 9.84 Å². The zero-order chi connectivity index (χ0) is 15.1. The fourth-order valence-corrected chi connectivity index (χ4v) is 2.07. The van der Waals surface area contributed by atoms with E-state index in [9.17, 15) is 4.79 Å². The van der Waals surface area contributed by atoms with Crippen LogP contribution in [-0.2, 0) is 13.0 Å². The Morgan fingerprint density at radius 1 is 1.10 bits per heavy atom. The number of aromatic carboxylic acids is 1. The minimum absolute atomic E-state index is 0.238. The summed E-state index contributed by atoms with van der Waals surface area (Å²) in [4.78, 5) is 10.9. The number of ether oxygens (including phenoxy) is 1. The summed E-state index contributed by atoms with van der Waals surface area (Å²) >= 11 is 0. The Balaban J connectivity index is 1.93. The summed E-state index contributed by atoms with van der Waals surface area (Å²) < 4.78 is 5.64. The van der Waals surface area contributed by atoms with E-state index in [1.165, 1.54) is 24.5 Å². The van der Waals surface area contributed by atoms with Crippen LogP contribution >= 0.6 is 0 Å². The molecule has 0 bridgehead atoms. The normalized spacial score (nSPS) is 10.3. The summed E-state index contributed by atoms with van der Waals surface area (Å²) in [6.45, 7) is 2.63. The molecule has 0 aromatic heterocycles. The van der Waals surface area contributed by atoms with Crippen molar-refractivity contribution in [2.45, 2.75) is 32.8 Å². The Labute approximate surface area is 125 Å². The standard InChI is InChI=1S/C18H20O3/c1-2-3-5-14-8-10-15(11-9-14)13-21-17-7-4-6-16(12-17)18(19)20/h4,6-12H,2-3,5,13H2,1H3,(H,19,20). The lowest BCUT2D eigenvalue weighted by molar-refractivity contribution is 0.0696. The van der Waals surface area contributed by atoms with E-state index in [1.807, 2.05) is 0 Å². The van der Waals surface area contributed by atoms with Crippen molar-refractivity contribution >= 4 is 5.97 Å². The first-order chi connectivity index (χ1) is 10.2. The van der Waals surface area contributed by atoms with Gasteiger partial charge in [-0.2, -0.15) is 0 Å². The fourth-order valence-electron chi connectivity index (χ4n) is 2.07. The smallest absolute Gasteiger partial charge is 0.335 e. The van der Waals surface area contributed by atoms with Crippen molar-refractivity contribution in [2.24, 2.45) is 0 Å². The molecule has 0 amide bonds. The van der Waals surface area contributed by atoms with E-state index >= 15 is 0 Å². The third kappa shape index (κ3) is 4.63. The van der Waals surface area contributed by atoms with Crippen molar-refractivity contribution in [1.29, 1.82) is 0 Å². The molecule has 110 valence electrons. The molecule has 0 radical (unpaired) electrons. The van der Waals surface area contributed by atoms with Gasteiger partial charge in [0.05, 0.1) is 5.56 Å². The molecule has 0 aliphatic heterocycles. The molecule has 2 aromatic rings. The molecule has 3 nitrogen and oxygen atoms in total. The first-order valence-electron chi connectivity index (χ1n) is 7.23. The van der Waals surface area contributed by atoms with Crippen molar-refractivity contribution in [3.05, 3.63) is 65.2 Å². The van der Waals surface area contributed by atoms with Gasteiger partial charge in [0, 0.05) is 0 Å². The average Bonchev–Trinajstić information content (AvgIpc) is 2.52. The van der Waals surface area contributed by atoms with Gasteiger partial charge in [0.15, 0.2) is 0 Å². The van der Waals surface area contributed by atoms with E-state index in [0.717, 1.165) is 12.0 Å². The molecule has 0 saturated carbocycles. The Hall–Kier alpha value is -2.29. The van der Waals surface area contributed by atoms with Gasteiger partial charge in [-0.3, -0.25) is 0 Å². The van der Waals surface area contributed by atoms with E-state index in [0.29, 0.717) is 12.4 Å². The lowest BCUT2D eigenvalue weighted by atomic mass is 10.1. The molecule has 0 aliphatic rings. The highest BCUT2D eigenvalue weighted by Crippen LogP contribution is 2.16. The van der Waals surface area contributed by atoms with Gasteiger partial charge >= 0.3 is 5.97 Å². The van der Waals surface area contributed by atoms with E-state index in [-0.39, 0.29) is 5.56 Å². The van der Waals surface area contributed by atoms with Crippen molar-refractivity contribution in [3.63, 3.8) is 0 Å². The fraction of sp³-hybridized carbons (Fsp3) is 0.278. The maximum Gasteiger partial charge on any atom is 0.335 e. The largest absolute Gasteiger partial charge is 0.489 e. The summed E-state index contributed by atoms with van der Waals surface area (Å²) in [5.41, 5.74) is 2.66. The van der Waals surface area contributed by atoms with Gasteiger partial charge < -0.3 is 9.84 Å². The van der Waals surface area contributed by atoms with Crippen LogP contribution in [0.1, 0.15) is 41.3 Å². The number of benzene rings is 2. The molecule has 0 heterocycles. The minimum Gasteiger partial charge on any atom is -0.489 e. The summed E-state index contributed by atoms with van der Waals surface area (Å²) in [5, 5.41) is 8.94. The zero-order valence-corrected chi connectivity index (χ0v) is 12.2. The van der Waals surface area contributed by atoms with Crippen molar-refractivity contribution in [2.75, 3.05) is 0 Å². The predicted octanol–water partition coefficient (Wildman–Crippen LogP) is 4.31. The number of unbranched alkanes of at least 4 members (excludes halogenated alkanes) is 1. The molecule has 0 aliphatic carbocycles. The van der Waals surface area contributed by atoms with Gasteiger partial charge in [-0.1, -0.05) is 43.7 Å². The summed E-state index contributed by atoms with van der Waals surface area (Å²) in [6, 6.07) is 14.9. The van der Waals surface area contributed by atoms with Gasteiger partial charge in [-0.15, -0.1) is 0 Å². The molecule has 0 saturated heterocycles. The molecule has 0 spiro atoms. The van der Waals surface area contributed by atoms with E-state index < -0.39 is 5.97 Å². The number of aryl methyl sites for hydroxylation is 1. The first-order valence-corrected chi connectivity index (χ1v) is 7.23. The highest BCUT2D eigenvalue weighted by molar-refractivity contribution is 5.87. The average molecular weight is 284 g/mol. The maximum atomic E-state index is 10.9. The second kappa shape index (κ2) is 7.48. The second-order valence-corrected chi connectivity index (χ2v) is 5.04. The van der Waals surface area contributed by atoms with Gasteiger partial charge in [0.25, 0.3) is 0 Å². The molecule has 3 heteroatoms. The summed E-state index contributed by atoms with van der Waals surface area (Å²) in [5.74, 6) is -0.370. The SMILES string of the molecule is CCCCc1ccc(COc2cccc(C(=O)O)c2)cc1. The van der Waals surface area contributed by atoms with Crippen LogP contribution in [0.25, 0.3) is 0 Å².